The van der Waals surface area contributed by atoms with E-state index < -0.39 is 0 Å². The van der Waals surface area contributed by atoms with E-state index >= 15 is 0 Å². The first-order chi connectivity index (χ1) is 27.4. The summed E-state index contributed by atoms with van der Waals surface area (Å²) in [6.07, 6.45) is 0. The number of hydrogen-bond acceptors (Lipinski definition) is 1. The van der Waals surface area contributed by atoms with Gasteiger partial charge in [0.05, 0.1) is 27.8 Å². The molecular weight excluding hydrogens is 675 g/mol. The van der Waals surface area contributed by atoms with Crippen molar-refractivity contribution in [1.82, 2.24) is 9.13 Å². The molecule has 3 nitrogen and oxygen atoms in total. The fraction of sp³-hybridized carbons (Fsp3) is 0. The SMILES string of the molecule is [B]c1c([B])c([B])c(-n2c3ccccc3c3cc(-c4ccc5c(c4)c4ccccc4n5-c4ccc(-c5ccccc5)c5c4oc4ccccc45)ccc32)c([B])c1[B]. The van der Waals surface area contributed by atoms with Crippen LogP contribution in [0.2, 0.25) is 0 Å². The Bertz CT molecular complexity index is 3400. The summed E-state index contributed by atoms with van der Waals surface area (Å²) < 4.78 is 11.1. The lowest BCUT2D eigenvalue weighted by atomic mass is 9.61. The standard InChI is InChI=1S/C48H25B5N2O/c49-42-43(50)45(52)47(46(53)44(42)51)55-36-16-8-5-13-31(36)34-25-28(19-22-38(34)55)27-18-21-37-33(24-27)30-12-4-7-15-35(30)54(37)39-23-20-29(26-10-2-1-3-11-26)41-32-14-6-9-17-40(32)56-48(39)41/h1-25H. The van der Waals surface area contributed by atoms with Crippen molar-refractivity contribution in [2.24, 2.45) is 0 Å². The summed E-state index contributed by atoms with van der Waals surface area (Å²) in [5.74, 6) is 0. The molecule has 0 aliphatic heterocycles. The molecule has 0 unspecified atom stereocenters. The molecule has 11 rings (SSSR count). The van der Waals surface area contributed by atoms with Crippen LogP contribution in [0.25, 0.3) is 99.2 Å². The van der Waals surface area contributed by atoms with Crippen LogP contribution in [0.3, 0.4) is 0 Å². The lowest BCUT2D eigenvalue weighted by Gasteiger charge is -2.23. The Morgan fingerprint density at radius 2 is 0.875 bits per heavy atom. The average molecular weight is 700 g/mol. The lowest BCUT2D eigenvalue weighted by Crippen LogP contribution is -2.56. The first-order valence-electron chi connectivity index (χ1n) is 18.5. The summed E-state index contributed by atoms with van der Waals surface area (Å²) in [4.78, 5) is 0. The minimum absolute atomic E-state index is 0.190. The molecule has 8 aromatic carbocycles. The van der Waals surface area contributed by atoms with Crippen molar-refractivity contribution in [3.8, 4) is 33.6 Å². The van der Waals surface area contributed by atoms with Gasteiger partial charge in [-0.2, -0.15) is 0 Å². The highest BCUT2D eigenvalue weighted by Gasteiger charge is 2.22. The molecule has 0 atom stereocenters. The molecule has 0 aliphatic carbocycles. The molecule has 0 saturated carbocycles. The normalized spacial score (nSPS) is 11.9. The van der Waals surface area contributed by atoms with Crippen LogP contribution < -0.4 is 27.3 Å². The number of aromatic nitrogens is 2. The number of rotatable bonds is 4. The molecule has 248 valence electrons. The van der Waals surface area contributed by atoms with Crippen LogP contribution in [-0.2, 0) is 0 Å². The van der Waals surface area contributed by atoms with Crippen molar-refractivity contribution in [3.05, 3.63) is 152 Å². The Labute approximate surface area is 329 Å². The number of fused-ring (bicyclic) bond motifs is 9. The van der Waals surface area contributed by atoms with Crippen LogP contribution in [0.4, 0.5) is 0 Å². The molecule has 56 heavy (non-hydrogen) atoms. The molecule has 0 aliphatic rings. The number of furan rings is 1. The summed E-state index contributed by atoms with van der Waals surface area (Å²) in [6.45, 7) is 0. The van der Waals surface area contributed by atoms with Gasteiger partial charge in [-0.1, -0.05) is 114 Å². The third-order valence-corrected chi connectivity index (χ3v) is 11.4. The van der Waals surface area contributed by atoms with E-state index in [4.69, 9.17) is 43.6 Å². The molecule has 0 N–H and O–H groups in total. The Kier molecular flexibility index (Phi) is 7.19. The highest BCUT2D eigenvalue weighted by atomic mass is 16.3. The molecule has 0 bridgehead atoms. The van der Waals surface area contributed by atoms with Gasteiger partial charge in [-0.3, -0.25) is 0 Å². The third kappa shape index (κ3) is 4.59. The number of benzene rings is 8. The van der Waals surface area contributed by atoms with Crippen LogP contribution in [0.15, 0.2) is 156 Å². The van der Waals surface area contributed by atoms with E-state index in [1.807, 2.05) is 41.0 Å². The molecule has 0 amide bonds. The molecule has 3 heterocycles. The van der Waals surface area contributed by atoms with E-state index in [1.54, 1.807) is 0 Å². The topological polar surface area (TPSA) is 23.0 Å². The minimum Gasteiger partial charge on any atom is -0.454 e. The fourth-order valence-corrected chi connectivity index (χ4v) is 8.73. The fourth-order valence-electron chi connectivity index (χ4n) is 8.73. The van der Waals surface area contributed by atoms with Crippen LogP contribution in [0.5, 0.6) is 0 Å². The van der Waals surface area contributed by atoms with Gasteiger partial charge in [-0.25, -0.2) is 0 Å². The second-order valence-electron chi connectivity index (χ2n) is 14.4. The number of nitrogens with zero attached hydrogens (tertiary/aromatic N) is 2. The van der Waals surface area contributed by atoms with E-state index in [0.717, 1.165) is 93.5 Å². The van der Waals surface area contributed by atoms with E-state index in [9.17, 15) is 0 Å². The van der Waals surface area contributed by atoms with E-state index in [-0.39, 0.29) is 27.3 Å². The Hall–Kier alpha value is -6.52. The highest BCUT2D eigenvalue weighted by Crippen LogP contribution is 2.43. The molecule has 0 spiro atoms. The average Bonchev–Trinajstić information content (AvgIpc) is 3.90. The zero-order valence-corrected chi connectivity index (χ0v) is 30.1. The van der Waals surface area contributed by atoms with E-state index in [1.165, 1.54) is 0 Å². The molecule has 0 fully saturated rings. The zero-order valence-electron chi connectivity index (χ0n) is 30.1. The van der Waals surface area contributed by atoms with Crippen molar-refractivity contribution < 1.29 is 4.42 Å². The van der Waals surface area contributed by atoms with Gasteiger partial charge in [0.2, 0.25) is 0 Å². The van der Waals surface area contributed by atoms with Crippen LogP contribution in [0, 0.1) is 0 Å². The predicted octanol–water partition coefficient (Wildman–Crippen LogP) is 7.08. The maximum absolute atomic E-state index is 6.75. The van der Waals surface area contributed by atoms with Gasteiger partial charge >= 0.3 is 0 Å². The van der Waals surface area contributed by atoms with Crippen LogP contribution in [-0.4, -0.2) is 48.4 Å². The summed E-state index contributed by atoms with van der Waals surface area (Å²) in [5, 5.41) is 6.58. The summed E-state index contributed by atoms with van der Waals surface area (Å²) in [5.41, 5.74) is 12.9. The Morgan fingerprint density at radius 3 is 1.52 bits per heavy atom. The first-order valence-corrected chi connectivity index (χ1v) is 18.5. The highest BCUT2D eigenvalue weighted by molar-refractivity contribution is 6.68. The maximum Gasteiger partial charge on any atom is 0.160 e. The smallest absolute Gasteiger partial charge is 0.160 e. The van der Waals surface area contributed by atoms with Crippen molar-refractivity contribution in [1.29, 1.82) is 0 Å². The van der Waals surface area contributed by atoms with Gasteiger partial charge in [0.15, 0.2) is 5.58 Å². The Morgan fingerprint density at radius 1 is 0.375 bits per heavy atom. The van der Waals surface area contributed by atoms with Gasteiger partial charge in [-0.15, -0.1) is 16.4 Å². The van der Waals surface area contributed by atoms with Gasteiger partial charge in [-0.05, 0) is 70.8 Å². The molecule has 0 saturated heterocycles. The lowest BCUT2D eigenvalue weighted by molar-refractivity contribution is 0.666. The minimum atomic E-state index is 0.190. The summed E-state index contributed by atoms with van der Waals surface area (Å²) in [6, 6.07) is 53.2. The van der Waals surface area contributed by atoms with Crippen molar-refractivity contribution in [2.45, 2.75) is 0 Å². The Balaban J connectivity index is 1.13. The largest absolute Gasteiger partial charge is 0.454 e. The molecule has 3 aromatic heterocycles. The van der Waals surface area contributed by atoms with Crippen molar-refractivity contribution in [3.63, 3.8) is 0 Å². The quantitative estimate of drug-likeness (QED) is 0.180. The first kappa shape index (κ1) is 32.9. The summed E-state index contributed by atoms with van der Waals surface area (Å²) in [7, 11) is 32.1. The van der Waals surface area contributed by atoms with Crippen LogP contribution >= 0.6 is 0 Å². The molecular formula is C48H25B5N2O. The monoisotopic (exact) mass is 700 g/mol. The maximum atomic E-state index is 6.75. The van der Waals surface area contributed by atoms with E-state index in [2.05, 4.69) is 120 Å². The van der Waals surface area contributed by atoms with Crippen LogP contribution in [0.1, 0.15) is 0 Å². The molecule has 10 radical (unpaired) electrons. The van der Waals surface area contributed by atoms with Crippen molar-refractivity contribution >= 4 is 132 Å². The van der Waals surface area contributed by atoms with E-state index in [0.29, 0.717) is 5.69 Å². The number of hydrogen-bond donors (Lipinski definition) is 0. The molecule has 8 heteroatoms. The van der Waals surface area contributed by atoms with Gasteiger partial charge < -0.3 is 13.6 Å². The third-order valence-electron chi connectivity index (χ3n) is 11.4. The zero-order chi connectivity index (χ0) is 37.8. The van der Waals surface area contributed by atoms with Crippen molar-refractivity contribution in [2.75, 3.05) is 0 Å². The second kappa shape index (κ2) is 12.2. The molecule has 11 aromatic rings. The second-order valence-corrected chi connectivity index (χ2v) is 14.4. The van der Waals surface area contributed by atoms with Gasteiger partial charge in [0.25, 0.3) is 0 Å². The summed E-state index contributed by atoms with van der Waals surface area (Å²) >= 11 is 0. The van der Waals surface area contributed by atoms with Gasteiger partial charge in [0.1, 0.15) is 44.8 Å². The number of para-hydroxylation sites is 3. The predicted molar refractivity (Wildman–Crippen MR) is 240 cm³/mol. The van der Waals surface area contributed by atoms with Gasteiger partial charge in [0, 0.05) is 38.0 Å².